The van der Waals surface area contributed by atoms with E-state index >= 15 is 0 Å². The molecule has 8 heavy (non-hydrogen) atoms. The molecule has 0 fully saturated rings. The van der Waals surface area contributed by atoms with Crippen molar-refractivity contribution in [1.29, 1.82) is 0 Å². The molecule has 0 unspecified atom stereocenters. The van der Waals surface area contributed by atoms with Gasteiger partial charge < -0.3 is 12.6 Å². The van der Waals surface area contributed by atoms with Gasteiger partial charge >= 0.3 is 111 Å². The number of hydrogen-bond acceptors (Lipinski definition) is 2. The summed E-state index contributed by atoms with van der Waals surface area (Å²) >= 11 is 0. The minimum absolute atomic E-state index is 0. The molecule has 0 atom stereocenters. The van der Waals surface area contributed by atoms with Gasteiger partial charge in [0.05, 0.1) is 0 Å². The Kier molecular flexibility index (Phi) is 18.5. The molecule has 0 aliphatic carbocycles. The first-order chi connectivity index (χ1) is 2.56. The van der Waals surface area contributed by atoms with Crippen molar-refractivity contribution in [3.63, 3.8) is 0 Å². The van der Waals surface area contributed by atoms with Gasteiger partial charge in [-0.2, -0.15) is 0 Å². The van der Waals surface area contributed by atoms with Crippen LogP contribution in [0.3, 0.4) is 0 Å². The summed E-state index contributed by atoms with van der Waals surface area (Å²) in [6.45, 7) is 0. The predicted molar refractivity (Wildman–Crippen MR) is 21.3 cm³/mol. The quantitative estimate of drug-likeness (QED) is 0.320. The van der Waals surface area contributed by atoms with Crippen LogP contribution in [-0.2, 0) is 9.09 Å². The van der Waals surface area contributed by atoms with Crippen LogP contribution in [0.5, 0.6) is 0 Å². The summed E-state index contributed by atoms with van der Waals surface area (Å²) in [5.41, 5.74) is 0. The normalized spacial score (nSPS) is 8.88. The molecule has 0 aromatic rings. The zero-order chi connectivity index (χ0) is 5.21. The smallest absolute Gasteiger partial charge is 1.00 e. The number of hydrogen-bond donors (Lipinski definition) is 2. The summed E-state index contributed by atoms with van der Waals surface area (Å²) in [7, 11) is -3.20. The average molecular weight is 192 g/mol. The van der Waals surface area contributed by atoms with Crippen LogP contribution < -0.4 is 103 Å². The fourth-order valence-corrected chi connectivity index (χ4v) is 0. The maximum absolute atomic E-state index is 9.47. The topological polar surface area (TPSA) is 66.8 Å². The van der Waals surface area contributed by atoms with Gasteiger partial charge in [0.25, 0.3) is 0 Å². The molecule has 7 heteroatoms. The number of rotatable bonds is 1. The predicted octanol–water partition coefficient (Wildman–Crippen LogP) is -6.04. The summed E-state index contributed by atoms with van der Waals surface area (Å²) in [4.78, 5) is 15.4. The van der Waals surface area contributed by atoms with Crippen LogP contribution in [0.25, 0.3) is 0 Å². The van der Waals surface area contributed by atoms with Crippen LogP contribution in [0, 0.1) is 0 Å². The fourth-order valence-electron chi connectivity index (χ4n) is 0. The molecule has 0 saturated carbocycles. The fraction of sp³-hybridized carbons (Fsp3) is 1.00. The summed E-state index contributed by atoms with van der Waals surface area (Å²) < 4.78 is 13.1. The first-order valence-electron chi connectivity index (χ1n) is 1.17. The Labute approximate surface area is 136 Å². The molecule has 0 aliphatic rings. The maximum Gasteiger partial charge on any atom is 1.00 e. The maximum atomic E-state index is 9.47. The first-order valence-corrected chi connectivity index (χ1v) is 2.70. The molecule has 0 aromatic carbocycles. The molecule has 0 aliphatic heterocycles. The van der Waals surface area contributed by atoms with Crippen molar-refractivity contribution >= 4 is 7.82 Å². The van der Waals surface area contributed by atoms with Crippen molar-refractivity contribution in [3.8, 4) is 0 Å². The molecule has 0 aromatic heterocycles. The largest absolute Gasteiger partial charge is 1.00 e. The molecule has 0 saturated heterocycles. The van der Waals surface area contributed by atoms with Crippen molar-refractivity contribution in [2.45, 2.75) is 0 Å². The third kappa shape index (κ3) is 16.2. The third-order valence-corrected chi connectivity index (χ3v) is 0.714. The van der Waals surface area contributed by atoms with Crippen LogP contribution in [0.15, 0.2) is 0 Å². The van der Waals surface area contributed by atoms with Gasteiger partial charge in [-0.3, -0.25) is 4.52 Å². The molecule has 0 amide bonds. The van der Waals surface area contributed by atoms with Gasteiger partial charge in [-0.25, -0.2) is 4.57 Å². The first kappa shape index (κ1) is 17.5. The van der Waals surface area contributed by atoms with E-state index in [1.54, 1.807) is 0 Å². The van der Waals surface area contributed by atoms with Crippen LogP contribution in [0.2, 0.25) is 0 Å². The Hall–Kier alpha value is 3.38. The van der Waals surface area contributed by atoms with Crippen LogP contribution in [0.1, 0.15) is 2.85 Å². The molecule has 0 bridgehead atoms. The average Bonchev–Trinajstić information content (AvgIpc) is 1.35. The second kappa shape index (κ2) is 8.48. The molecular formula is CH7K2O4P. The Morgan fingerprint density at radius 3 is 1.62 bits per heavy atom. The van der Waals surface area contributed by atoms with Gasteiger partial charge in [0.2, 0.25) is 0 Å². The Morgan fingerprint density at radius 2 is 1.62 bits per heavy atom. The molecule has 2 N–H and O–H groups in total. The number of phosphoric ester groups is 1. The minimum Gasteiger partial charge on any atom is -1.00 e. The van der Waals surface area contributed by atoms with Gasteiger partial charge in [0, 0.05) is 7.11 Å². The summed E-state index contributed by atoms with van der Waals surface area (Å²) in [5.74, 6) is 0. The van der Waals surface area contributed by atoms with Crippen LogP contribution in [-0.4, -0.2) is 16.9 Å². The van der Waals surface area contributed by atoms with Gasteiger partial charge in [-0.15, -0.1) is 0 Å². The molecule has 42 valence electrons. The van der Waals surface area contributed by atoms with E-state index < -0.39 is 7.82 Å². The van der Waals surface area contributed by atoms with Gasteiger partial charge in [-0.05, 0) is 0 Å². The van der Waals surface area contributed by atoms with E-state index in [9.17, 15) is 4.57 Å². The number of phosphoric acid groups is 1. The van der Waals surface area contributed by atoms with Crippen LogP contribution in [0.4, 0.5) is 0 Å². The van der Waals surface area contributed by atoms with Gasteiger partial charge in [0.1, 0.15) is 0 Å². The SMILES string of the molecule is COP(=O)(O)O.[H-].[H-].[K+].[K+]. The summed E-state index contributed by atoms with van der Waals surface area (Å²) in [6, 6.07) is 0. The van der Waals surface area contributed by atoms with Crippen molar-refractivity contribution in [2.75, 3.05) is 7.11 Å². The summed E-state index contributed by atoms with van der Waals surface area (Å²) in [6.07, 6.45) is 0. The van der Waals surface area contributed by atoms with E-state index in [4.69, 9.17) is 9.79 Å². The van der Waals surface area contributed by atoms with E-state index in [1.165, 1.54) is 0 Å². The van der Waals surface area contributed by atoms with Crippen molar-refractivity contribution in [3.05, 3.63) is 0 Å². The second-order valence-electron chi connectivity index (χ2n) is 0.673. The molecule has 0 rings (SSSR count). The standard InChI is InChI=1S/CH5O4P.2K.2H/c1-5-6(2,3)4;;;;/h1H3,(H2,2,3,4);;;;/q;2*+1;2*-1. The monoisotopic (exact) mass is 192 g/mol. The molecule has 4 nitrogen and oxygen atoms in total. The van der Waals surface area contributed by atoms with Crippen molar-refractivity contribution in [2.24, 2.45) is 0 Å². The van der Waals surface area contributed by atoms with Crippen LogP contribution >= 0.6 is 7.82 Å². The zero-order valence-corrected chi connectivity index (χ0v) is 12.3. The Balaban J connectivity index is -0.0000000208. The molecule has 0 heterocycles. The zero-order valence-electron chi connectivity index (χ0n) is 7.16. The third-order valence-electron chi connectivity index (χ3n) is 0.238. The summed E-state index contributed by atoms with van der Waals surface area (Å²) in [5, 5.41) is 0. The molecular weight excluding hydrogens is 185 g/mol. The van der Waals surface area contributed by atoms with E-state index in [1.807, 2.05) is 0 Å². The Morgan fingerprint density at radius 1 is 1.50 bits per heavy atom. The second-order valence-corrected chi connectivity index (χ2v) is 2.02. The van der Waals surface area contributed by atoms with Crippen molar-refractivity contribution < 1.29 is 124 Å². The molecule has 0 spiro atoms. The van der Waals surface area contributed by atoms with Gasteiger partial charge in [-0.1, -0.05) is 0 Å². The van der Waals surface area contributed by atoms with E-state index in [0.717, 1.165) is 7.11 Å². The van der Waals surface area contributed by atoms with E-state index in [2.05, 4.69) is 4.52 Å². The van der Waals surface area contributed by atoms with Crippen molar-refractivity contribution in [1.82, 2.24) is 0 Å². The molecule has 0 radical (unpaired) electrons. The Bertz CT molecular complexity index is 85.3. The minimum atomic E-state index is -4.15. The van der Waals surface area contributed by atoms with Gasteiger partial charge in [0.15, 0.2) is 0 Å². The van der Waals surface area contributed by atoms with E-state index in [-0.39, 0.29) is 106 Å². The van der Waals surface area contributed by atoms with E-state index in [0.29, 0.717) is 0 Å².